The monoisotopic (exact) mass is 505 g/mol. The molecule has 2 bridgehead atoms. The van der Waals surface area contributed by atoms with Gasteiger partial charge in [-0.1, -0.05) is 18.2 Å². The molecule has 1 aromatic heterocycles. The molecule has 5 N–H and O–H groups in total. The molecule has 9 nitrogen and oxygen atoms in total. The number of anilines is 2. The fourth-order valence-corrected chi connectivity index (χ4v) is 4.93. The molecular weight excluding hydrogens is 470 g/mol. The number of nitrogens with one attached hydrogen (secondary N) is 3. The molecule has 2 aromatic rings. The van der Waals surface area contributed by atoms with Crippen molar-refractivity contribution in [3.8, 4) is 11.1 Å². The Morgan fingerprint density at radius 3 is 2.70 bits per heavy atom. The lowest BCUT2D eigenvalue weighted by Gasteiger charge is -2.28. The number of hydrogen-bond acceptors (Lipinski definition) is 6. The van der Waals surface area contributed by atoms with Gasteiger partial charge in [0.2, 0.25) is 11.8 Å². The first kappa shape index (κ1) is 26.3. The number of amides is 3. The van der Waals surface area contributed by atoms with E-state index in [1.54, 1.807) is 18.3 Å². The number of ether oxygens (including phenoxy) is 1. The molecule has 1 unspecified atom stereocenters. The average Bonchev–Trinajstić information content (AvgIpc) is 2.92. The highest BCUT2D eigenvalue weighted by Gasteiger charge is 2.27. The Morgan fingerprint density at radius 1 is 1.14 bits per heavy atom. The van der Waals surface area contributed by atoms with Crippen LogP contribution in [0.1, 0.15) is 56.7 Å². The highest BCUT2D eigenvalue weighted by atomic mass is 16.5. The average molecular weight is 506 g/mol. The Morgan fingerprint density at radius 2 is 1.95 bits per heavy atom. The standard InChI is InChI=1S/C28H35N5O4/c1-37-28(36)31-21-11-12-22-20-13-14-30-25(15-20)23(5-3-2-4-6-26(34)32-24(22)16-21)33-27(35)19-9-7-18(17-29)8-10-19/h2-3,11-16,18-19,23H,4-10,17,29H2,1H3,(H,31,36)(H,32,34)(H,33,35)/b3-2+. The fourth-order valence-electron chi connectivity index (χ4n) is 4.93. The predicted octanol–water partition coefficient (Wildman–Crippen LogP) is 4.53. The van der Waals surface area contributed by atoms with E-state index in [-0.39, 0.29) is 23.8 Å². The van der Waals surface area contributed by atoms with Crippen LogP contribution >= 0.6 is 0 Å². The molecule has 196 valence electrons. The maximum atomic E-state index is 13.2. The van der Waals surface area contributed by atoms with Crippen molar-refractivity contribution >= 4 is 29.3 Å². The molecule has 1 saturated carbocycles. The predicted molar refractivity (Wildman–Crippen MR) is 143 cm³/mol. The number of carbonyl (C=O) groups excluding carboxylic acids is 3. The Labute approximate surface area is 217 Å². The zero-order valence-corrected chi connectivity index (χ0v) is 21.2. The van der Waals surface area contributed by atoms with Crippen molar-refractivity contribution in [1.29, 1.82) is 0 Å². The van der Waals surface area contributed by atoms with E-state index in [0.29, 0.717) is 43.1 Å². The lowest BCUT2D eigenvalue weighted by atomic mass is 9.81. The van der Waals surface area contributed by atoms with Gasteiger partial charge in [-0.15, -0.1) is 0 Å². The maximum Gasteiger partial charge on any atom is 0.411 e. The van der Waals surface area contributed by atoms with Gasteiger partial charge in [0.05, 0.1) is 24.5 Å². The summed E-state index contributed by atoms with van der Waals surface area (Å²) in [6.45, 7) is 0.678. The molecule has 3 amide bonds. The first-order chi connectivity index (χ1) is 18.0. The number of nitrogens with zero attached hydrogens (tertiary/aromatic N) is 1. The lowest BCUT2D eigenvalue weighted by molar-refractivity contribution is -0.127. The molecular formula is C28H35N5O4. The van der Waals surface area contributed by atoms with Crippen molar-refractivity contribution < 1.29 is 19.1 Å². The van der Waals surface area contributed by atoms with Crippen LogP contribution in [-0.2, 0) is 14.3 Å². The number of fused-ring (bicyclic) bond motifs is 4. The van der Waals surface area contributed by atoms with Gasteiger partial charge in [0, 0.05) is 29.8 Å². The van der Waals surface area contributed by atoms with Crippen molar-refractivity contribution in [3.05, 3.63) is 54.4 Å². The third-order valence-electron chi connectivity index (χ3n) is 7.12. The van der Waals surface area contributed by atoms with Crippen LogP contribution < -0.4 is 21.7 Å². The van der Waals surface area contributed by atoms with E-state index in [9.17, 15) is 14.4 Å². The molecule has 1 aliphatic carbocycles. The summed E-state index contributed by atoms with van der Waals surface area (Å²) in [4.78, 5) is 42.1. The van der Waals surface area contributed by atoms with Gasteiger partial charge in [0.1, 0.15) is 0 Å². The SMILES string of the molecule is COC(=O)Nc1ccc2c(c1)NC(=O)CC/C=C/CC(NC(=O)C1CCC(CN)CC1)c1cc-2ccn1. The first-order valence-electron chi connectivity index (χ1n) is 12.9. The van der Waals surface area contributed by atoms with E-state index >= 15 is 0 Å². The Hall–Kier alpha value is -3.72. The molecule has 2 heterocycles. The molecule has 37 heavy (non-hydrogen) atoms. The van der Waals surface area contributed by atoms with Gasteiger partial charge in [-0.25, -0.2) is 4.79 Å². The highest BCUT2D eigenvalue weighted by molar-refractivity contribution is 5.97. The summed E-state index contributed by atoms with van der Waals surface area (Å²) in [6, 6.07) is 8.81. The largest absolute Gasteiger partial charge is 0.453 e. The normalized spacial score (nSPS) is 22.6. The Balaban J connectivity index is 1.63. The van der Waals surface area contributed by atoms with Gasteiger partial charge in [0.15, 0.2) is 0 Å². The topological polar surface area (TPSA) is 135 Å². The van der Waals surface area contributed by atoms with Crippen LogP contribution in [0.2, 0.25) is 0 Å². The molecule has 0 radical (unpaired) electrons. The van der Waals surface area contributed by atoms with Crippen LogP contribution in [0.15, 0.2) is 48.7 Å². The smallest absolute Gasteiger partial charge is 0.411 e. The second-order valence-electron chi connectivity index (χ2n) is 9.65. The fraction of sp³-hybridized carbons (Fsp3) is 0.429. The zero-order valence-electron chi connectivity index (χ0n) is 21.2. The van der Waals surface area contributed by atoms with Gasteiger partial charge in [-0.05, 0) is 80.8 Å². The van der Waals surface area contributed by atoms with Crippen LogP contribution in [0.25, 0.3) is 11.1 Å². The first-order valence-corrected chi connectivity index (χ1v) is 12.9. The number of allylic oxidation sites excluding steroid dienone is 1. The molecule has 9 heteroatoms. The van der Waals surface area contributed by atoms with E-state index in [1.165, 1.54) is 7.11 Å². The molecule has 1 fully saturated rings. The van der Waals surface area contributed by atoms with Crippen LogP contribution in [0.3, 0.4) is 0 Å². The lowest BCUT2D eigenvalue weighted by Crippen LogP contribution is -2.36. The number of aromatic nitrogens is 1. The molecule has 4 rings (SSSR count). The van der Waals surface area contributed by atoms with Crippen LogP contribution in [0, 0.1) is 11.8 Å². The summed E-state index contributed by atoms with van der Waals surface area (Å²) in [5, 5.41) is 8.85. The summed E-state index contributed by atoms with van der Waals surface area (Å²) < 4.78 is 4.69. The van der Waals surface area contributed by atoms with Gasteiger partial charge < -0.3 is 21.1 Å². The molecule has 2 aliphatic rings. The third-order valence-corrected chi connectivity index (χ3v) is 7.12. The van der Waals surface area contributed by atoms with Crippen LogP contribution in [-0.4, -0.2) is 36.5 Å². The maximum absolute atomic E-state index is 13.2. The summed E-state index contributed by atoms with van der Waals surface area (Å²) in [5.74, 6) is 0.423. The number of pyridine rings is 1. The number of hydrogen-bond donors (Lipinski definition) is 4. The summed E-state index contributed by atoms with van der Waals surface area (Å²) in [5.41, 5.74) is 9.26. The summed E-state index contributed by atoms with van der Waals surface area (Å²) in [6.07, 6.45) is 10.2. The third kappa shape index (κ3) is 6.95. The van der Waals surface area contributed by atoms with Crippen molar-refractivity contribution in [1.82, 2.24) is 10.3 Å². The van der Waals surface area contributed by atoms with Gasteiger partial charge >= 0.3 is 6.09 Å². The Kier molecular flexibility index (Phi) is 8.90. The molecule has 0 saturated heterocycles. The zero-order chi connectivity index (χ0) is 26.2. The molecule has 1 atom stereocenters. The Bertz CT molecular complexity index is 1160. The van der Waals surface area contributed by atoms with E-state index in [0.717, 1.165) is 42.5 Å². The number of carbonyl (C=O) groups is 3. The summed E-state index contributed by atoms with van der Waals surface area (Å²) in [7, 11) is 1.29. The molecule has 0 spiro atoms. The minimum Gasteiger partial charge on any atom is -0.453 e. The molecule has 1 aromatic carbocycles. The van der Waals surface area contributed by atoms with Crippen LogP contribution in [0.5, 0.6) is 0 Å². The number of rotatable bonds is 4. The quantitative estimate of drug-likeness (QED) is 0.451. The van der Waals surface area contributed by atoms with Gasteiger partial charge in [-0.2, -0.15) is 0 Å². The van der Waals surface area contributed by atoms with Crippen molar-refractivity contribution in [2.45, 2.75) is 51.0 Å². The van der Waals surface area contributed by atoms with Crippen molar-refractivity contribution in [2.75, 3.05) is 24.3 Å². The number of nitrogens with two attached hydrogens (primary N) is 1. The van der Waals surface area contributed by atoms with E-state index in [4.69, 9.17) is 5.73 Å². The second kappa shape index (κ2) is 12.5. The van der Waals surface area contributed by atoms with Crippen molar-refractivity contribution in [2.24, 2.45) is 17.6 Å². The second-order valence-corrected chi connectivity index (χ2v) is 9.65. The molecule has 1 aliphatic heterocycles. The van der Waals surface area contributed by atoms with E-state index in [2.05, 4.69) is 25.7 Å². The van der Waals surface area contributed by atoms with Crippen LogP contribution in [0.4, 0.5) is 16.2 Å². The minimum absolute atomic E-state index is 0.0113. The highest BCUT2D eigenvalue weighted by Crippen LogP contribution is 2.33. The number of benzene rings is 1. The van der Waals surface area contributed by atoms with E-state index < -0.39 is 6.09 Å². The van der Waals surface area contributed by atoms with E-state index in [1.807, 2.05) is 30.4 Å². The van der Waals surface area contributed by atoms with Crippen molar-refractivity contribution in [3.63, 3.8) is 0 Å². The minimum atomic E-state index is -0.595. The van der Waals surface area contributed by atoms with Gasteiger partial charge in [-0.3, -0.25) is 19.9 Å². The number of methoxy groups -OCH3 is 1. The van der Waals surface area contributed by atoms with Gasteiger partial charge in [0.25, 0.3) is 0 Å². The summed E-state index contributed by atoms with van der Waals surface area (Å²) >= 11 is 0.